The van der Waals surface area contributed by atoms with E-state index in [2.05, 4.69) is 18.8 Å². The molecule has 5 nitrogen and oxygen atoms in total. The molecule has 0 radical (unpaired) electrons. The molecular weight excluding hydrogens is 336 g/mol. The second-order valence-electron chi connectivity index (χ2n) is 7.97. The number of hydrogen-bond donors (Lipinski definition) is 0. The van der Waals surface area contributed by atoms with Crippen molar-refractivity contribution in [3.05, 3.63) is 28.8 Å². The second-order valence-corrected chi connectivity index (χ2v) is 9.20. The molecule has 1 aliphatic carbocycles. The lowest BCUT2D eigenvalue weighted by Crippen LogP contribution is -2.57. The van der Waals surface area contributed by atoms with E-state index in [0.29, 0.717) is 18.7 Å². The van der Waals surface area contributed by atoms with E-state index in [-0.39, 0.29) is 23.2 Å². The second kappa shape index (κ2) is 5.27. The van der Waals surface area contributed by atoms with Gasteiger partial charge in [-0.3, -0.25) is 9.59 Å². The number of rotatable bonds is 2. The number of carbonyl (C=O) groups excluding carboxylic acids is 2. The molecule has 1 aliphatic heterocycles. The van der Waals surface area contributed by atoms with Crippen LogP contribution in [0.15, 0.2) is 18.2 Å². The Labute approximate surface area is 151 Å². The highest BCUT2D eigenvalue weighted by atomic mass is 32.1. The Morgan fingerprint density at radius 2 is 2.12 bits per heavy atom. The molecule has 1 saturated carbocycles. The highest BCUT2D eigenvalue weighted by Crippen LogP contribution is 2.63. The fourth-order valence-electron chi connectivity index (χ4n) is 4.88. The maximum absolute atomic E-state index is 13.0. The molecule has 0 bridgehead atoms. The molecule has 1 amide bonds. The lowest BCUT2D eigenvalue weighted by Gasteiger charge is -2.54. The monoisotopic (exact) mass is 358 g/mol. The van der Waals surface area contributed by atoms with Crippen molar-refractivity contribution in [3.63, 3.8) is 0 Å². The number of esters is 1. The van der Waals surface area contributed by atoms with Gasteiger partial charge in [-0.15, -0.1) is 11.3 Å². The van der Waals surface area contributed by atoms with Gasteiger partial charge < -0.3 is 9.64 Å². The zero-order valence-corrected chi connectivity index (χ0v) is 15.8. The number of aryl methyl sites for hydroxylation is 1. The summed E-state index contributed by atoms with van der Waals surface area (Å²) in [6.07, 6.45) is 0.772. The number of carbonyl (C=O) groups is 2. The average molecular weight is 358 g/mol. The van der Waals surface area contributed by atoms with Crippen LogP contribution in [0.5, 0.6) is 0 Å². The summed E-state index contributed by atoms with van der Waals surface area (Å²) in [6, 6.07) is 5.65. The van der Waals surface area contributed by atoms with Gasteiger partial charge in [0.2, 0.25) is 0 Å². The minimum atomic E-state index is -0.529. The number of thiazole rings is 1. The first kappa shape index (κ1) is 16.5. The fourth-order valence-corrected chi connectivity index (χ4v) is 5.75. The van der Waals surface area contributed by atoms with Crippen molar-refractivity contribution in [3.8, 4) is 0 Å². The number of aromatic nitrogens is 1. The van der Waals surface area contributed by atoms with E-state index in [1.54, 1.807) is 11.3 Å². The highest BCUT2D eigenvalue weighted by Gasteiger charge is 2.68. The van der Waals surface area contributed by atoms with Crippen LogP contribution in [0, 0.1) is 23.7 Å². The maximum atomic E-state index is 13.0. The van der Waals surface area contributed by atoms with Gasteiger partial charge in [0.25, 0.3) is 5.91 Å². The molecule has 6 heteroatoms. The fraction of sp³-hybridized carbons (Fsp3) is 0.526. The molecule has 2 atom stereocenters. The van der Waals surface area contributed by atoms with Gasteiger partial charge in [-0.25, -0.2) is 4.98 Å². The molecule has 1 aromatic heterocycles. The summed E-state index contributed by atoms with van der Waals surface area (Å²) in [4.78, 5) is 31.7. The highest BCUT2D eigenvalue weighted by molar-refractivity contribution is 7.18. The van der Waals surface area contributed by atoms with Crippen LogP contribution in [-0.2, 0) is 9.53 Å². The van der Waals surface area contributed by atoms with Crippen molar-refractivity contribution >= 4 is 33.4 Å². The number of benzene rings is 1. The summed E-state index contributed by atoms with van der Waals surface area (Å²) in [5, 5.41) is 0.991. The van der Waals surface area contributed by atoms with Crippen LogP contribution < -0.4 is 0 Å². The van der Waals surface area contributed by atoms with Crippen LogP contribution in [0.3, 0.4) is 0 Å². The van der Waals surface area contributed by atoms with Gasteiger partial charge in [0, 0.05) is 18.7 Å². The van der Waals surface area contributed by atoms with E-state index >= 15 is 0 Å². The number of hydrogen-bond acceptors (Lipinski definition) is 5. The zero-order chi connectivity index (χ0) is 18.0. The van der Waals surface area contributed by atoms with Crippen molar-refractivity contribution in [2.24, 2.45) is 16.7 Å². The molecule has 25 heavy (non-hydrogen) atoms. The van der Waals surface area contributed by atoms with E-state index in [9.17, 15) is 9.59 Å². The maximum Gasteiger partial charge on any atom is 0.314 e. The number of likely N-dealkylation sites (tertiary alicyclic amines) is 1. The summed E-state index contributed by atoms with van der Waals surface area (Å²) in [6.45, 7) is 7.36. The molecule has 2 aromatic rings. The summed E-state index contributed by atoms with van der Waals surface area (Å²) in [7, 11) is 1.43. The Morgan fingerprint density at radius 1 is 1.36 bits per heavy atom. The number of ether oxygens (including phenoxy) is 1. The van der Waals surface area contributed by atoms with E-state index < -0.39 is 5.41 Å². The molecule has 0 spiro atoms. The third-order valence-corrected chi connectivity index (χ3v) is 6.81. The van der Waals surface area contributed by atoms with Crippen LogP contribution in [0.4, 0.5) is 0 Å². The quantitative estimate of drug-likeness (QED) is 0.773. The molecule has 4 rings (SSSR count). The third-order valence-electron chi connectivity index (χ3n) is 5.88. The van der Waals surface area contributed by atoms with Gasteiger partial charge in [0.15, 0.2) is 0 Å². The van der Waals surface area contributed by atoms with Crippen LogP contribution in [0.25, 0.3) is 10.2 Å². The van der Waals surface area contributed by atoms with Crippen molar-refractivity contribution in [1.82, 2.24) is 9.88 Å². The first-order valence-corrected chi connectivity index (χ1v) is 9.33. The first-order valence-electron chi connectivity index (χ1n) is 8.52. The molecule has 2 heterocycles. The van der Waals surface area contributed by atoms with E-state index in [1.165, 1.54) is 7.11 Å². The summed E-state index contributed by atoms with van der Waals surface area (Å²) >= 11 is 1.59. The van der Waals surface area contributed by atoms with Crippen molar-refractivity contribution in [2.45, 2.75) is 27.2 Å². The molecule has 0 unspecified atom stereocenters. The van der Waals surface area contributed by atoms with Gasteiger partial charge in [0.1, 0.15) is 0 Å². The topological polar surface area (TPSA) is 59.5 Å². The molecule has 2 fully saturated rings. The lowest BCUT2D eigenvalue weighted by molar-refractivity contribution is -0.174. The SMILES string of the molecule is COC(=O)[C@@]12CN(C(=O)c3ccc4nc(C)sc4c3)C[C@@H]1C(C)(C)C2. The lowest BCUT2D eigenvalue weighted by atomic mass is 9.48. The molecular formula is C19H22N2O3S. The zero-order valence-electron chi connectivity index (χ0n) is 15.0. The van der Waals surface area contributed by atoms with Gasteiger partial charge >= 0.3 is 5.97 Å². The van der Waals surface area contributed by atoms with E-state index in [0.717, 1.165) is 21.6 Å². The van der Waals surface area contributed by atoms with Gasteiger partial charge in [-0.2, -0.15) is 0 Å². The summed E-state index contributed by atoms with van der Waals surface area (Å²) in [5.41, 5.74) is 1.11. The van der Waals surface area contributed by atoms with Crippen LogP contribution in [-0.4, -0.2) is 42.0 Å². The Balaban J connectivity index is 1.63. The predicted molar refractivity (Wildman–Crippen MR) is 96.6 cm³/mol. The standard InChI is InChI=1S/C19H22N2O3S/c1-11-20-13-6-5-12(7-14(13)25-11)16(22)21-8-15-18(2,3)9-19(15,10-21)17(23)24-4/h5-7,15H,8-10H2,1-4H3/t15-,19+/m1/s1. The number of nitrogens with zero attached hydrogens (tertiary/aromatic N) is 2. The molecule has 1 saturated heterocycles. The average Bonchev–Trinajstić information content (AvgIpc) is 3.10. The minimum absolute atomic E-state index is 0.0126. The number of methoxy groups -OCH3 is 1. The summed E-state index contributed by atoms with van der Waals surface area (Å²) in [5.74, 6) is -0.0344. The van der Waals surface area contributed by atoms with Crippen molar-refractivity contribution in [1.29, 1.82) is 0 Å². The van der Waals surface area contributed by atoms with Gasteiger partial charge in [0.05, 0.1) is 27.7 Å². The molecule has 0 N–H and O–H groups in total. The van der Waals surface area contributed by atoms with E-state index in [4.69, 9.17) is 4.74 Å². The van der Waals surface area contributed by atoms with Crippen LogP contribution in [0.2, 0.25) is 0 Å². The number of amides is 1. The largest absolute Gasteiger partial charge is 0.469 e. The minimum Gasteiger partial charge on any atom is -0.469 e. The normalized spacial score (nSPS) is 27.0. The third kappa shape index (κ3) is 2.30. The smallest absolute Gasteiger partial charge is 0.314 e. The molecule has 1 aromatic carbocycles. The molecule has 2 aliphatic rings. The van der Waals surface area contributed by atoms with Gasteiger partial charge in [-0.1, -0.05) is 13.8 Å². The van der Waals surface area contributed by atoms with Crippen LogP contribution >= 0.6 is 11.3 Å². The first-order chi connectivity index (χ1) is 11.8. The number of fused-ring (bicyclic) bond motifs is 2. The Kier molecular flexibility index (Phi) is 3.48. The van der Waals surface area contributed by atoms with Crippen LogP contribution in [0.1, 0.15) is 35.6 Å². The Hall–Kier alpha value is -1.95. The Bertz CT molecular complexity index is 888. The predicted octanol–water partition coefficient (Wildman–Crippen LogP) is 3.27. The summed E-state index contributed by atoms with van der Waals surface area (Å²) < 4.78 is 6.08. The molecule has 132 valence electrons. The van der Waals surface area contributed by atoms with E-state index in [1.807, 2.05) is 30.0 Å². The van der Waals surface area contributed by atoms with Crippen molar-refractivity contribution in [2.75, 3.05) is 20.2 Å². The Morgan fingerprint density at radius 3 is 2.80 bits per heavy atom. The van der Waals surface area contributed by atoms with Gasteiger partial charge in [-0.05, 0) is 42.9 Å². The van der Waals surface area contributed by atoms with Crippen molar-refractivity contribution < 1.29 is 14.3 Å².